The first kappa shape index (κ1) is 72.9. The second-order valence-electron chi connectivity index (χ2n) is 24.0. The molecular weight excluding hydrogens is 1360 g/mol. The normalized spacial score (nSPS) is 16.2. The van der Waals surface area contributed by atoms with Gasteiger partial charge in [0.1, 0.15) is 55.4 Å². The number of likely N-dealkylation sites (N-methyl/N-ethyl adjacent to an activating group) is 3. The largest absolute Gasteiger partial charge is 0.490 e. The van der Waals surface area contributed by atoms with Crippen LogP contribution in [0.15, 0.2) is 155 Å². The van der Waals surface area contributed by atoms with Crippen molar-refractivity contribution in [2.75, 3.05) is 117 Å². The lowest BCUT2D eigenvalue weighted by Crippen LogP contribution is -2.29. The van der Waals surface area contributed by atoms with Crippen molar-refractivity contribution in [2.45, 2.75) is 46.3 Å². The molecule has 1 fully saturated rings. The molecule has 9 aromatic rings. The van der Waals surface area contributed by atoms with Crippen LogP contribution in [0.1, 0.15) is 48.3 Å². The number of rotatable bonds is 9. The number of anilines is 2. The van der Waals surface area contributed by atoms with Crippen molar-refractivity contribution in [3.05, 3.63) is 174 Å². The van der Waals surface area contributed by atoms with E-state index in [1.54, 1.807) is 67.1 Å². The molecule has 24 nitrogen and oxygen atoms in total. The Balaban J connectivity index is 0.000000153. The van der Waals surface area contributed by atoms with Gasteiger partial charge < -0.3 is 59.2 Å². The van der Waals surface area contributed by atoms with Gasteiger partial charge in [0.05, 0.1) is 55.7 Å². The van der Waals surface area contributed by atoms with Crippen LogP contribution in [0.5, 0.6) is 23.0 Å². The Morgan fingerprint density at radius 2 is 0.880 bits per heavy atom. The van der Waals surface area contributed by atoms with E-state index in [4.69, 9.17) is 48.7 Å². The fourth-order valence-electron chi connectivity index (χ4n) is 12.7. The molecule has 6 aliphatic rings. The Hall–Kier alpha value is -9.85. The molecule has 6 aliphatic heterocycles. The Morgan fingerprint density at radius 3 is 1.34 bits per heavy atom. The summed E-state index contributed by atoms with van der Waals surface area (Å²) in [7, 11) is -3.66. The molecule has 0 aliphatic carbocycles. The van der Waals surface area contributed by atoms with Gasteiger partial charge in [0, 0.05) is 97.8 Å². The highest BCUT2D eigenvalue weighted by molar-refractivity contribution is 7.90. The van der Waals surface area contributed by atoms with Crippen LogP contribution in [0.4, 0.5) is 24.5 Å². The number of nitrogens with zero attached hydrogens (tertiary/aromatic N) is 7. The van der Waals surface area contributed by atoms with Gasteiger partial charge in [-0.1, -0.05) is 12.2 Å². The molecule has 530 valence electrons. The van der Waals surface area contributed by atoms with Gasteiger partial charge in [-0.2, -0.15) is 0 Å². The zero-order valence-electron chi connectivity index (χ0n) is 55.0. The van der Waals surface area contributed by atoms with Crippen LogP contribution in [0.3, 0.4) is 0 Å². The molecule has 1 saturated heterocycles. The maximum absolute atomic E-state index is 14.1. The molecule has 3 aromatic heterocycles. The second-order valence-corrected chi connectivity index (χ2v) is 29.4. The zero-order chi connectivity index (χ0) is 71.6. The maximum Gasteiger partial charge on any atom is 0.290 e. The number of carbonyl (C=O) groups is 3. The van der Waals surface area contributed by atoms with Crippen LogP contribution in [0.25, 0.3) is 43.9 Å². The number of hydrogen-bond acceptors (Lipinski definition) is 18. The van der Waals surface area contributed by atoms with Gasteiger partial charge >= 0.3 is 0 Å². The summed E-state index contributed by atoms with van der Waals surface area (Å²) in [6.07, 6.45) is 12.4. The van der Waals surface area contributed by atoms with E-state index in [0.29, 0.717) is 88.7 Å². The fraction of sp³-hybridized carbons (Fsp3) is 0.300. The lowest BCUT2D eigenvalue weighted by atomic mass is 9.89. The number of fused-ring (bicyclic) bond motifs is 6. The van der Waals surface area contributed by atoms with E-state index in [2.05, 4.69) is 28.2 Å². The molecule has 0 unspecified atom stereocenters. The zero-order valence-corrected chi connectivity index (χ0v) is 57.5. The molecule has 0 saturated carbocycles. The fourth-order valence-corrected chi connectivity index (χ4v) is 16.9. The Labute approximate surface area is 576 Å². The smallest absolute Gasteiger partial charge is 0.290 e. The molecule has 15 rings (SSSR count). The number of nitrogens with one attached hydrogen (secondary N) is 1. The Morgan fingerprint density at radius 1 is 0.460 bits per heavy atom. The summed E-state index contributed by atoms with van der Waals surface area (Å²) in [5.41, 5.74) is 7.60. The topological polar surface area (TPSA) is 291 Å². The second kappa shape index (κ2) is 31.6. The van der Waals surface area contributed by atoms with E-state index in [1.165, 1.54) is 72.6 Å². The summed E-state index contributed by atoms with van der Waals surface area (Å²) in [4.78, 5) is 34.0. The average molecular weight is 1440 g/mol. The third kappa shape index (κ3) is 15.6. The highest BCUT2D eigenvalue weighted by atomic mass is 32.2. The van der Waals surface area contributed by atoms with Crippen LogP contribution in [0.2, 0.25) is 0 Å². The first-order valence-corrected chi connectivity index (χ1v) is 36.0. The average Bonchev–Trinajstić information content (AvgIpc) is 1.60. The first-order valence-electron chi connectivity index (χ1n) is 31.7. The van der Waals surface area contributed by atoms with Crippen LogP contribution >= 0.6 is 0 Å². The molecule has 9 heterocycles. The SMILES string of the molecule is CN1CC=C(c2cn(S(=O)(=O)c3ccc4c(c3)OCCN4C)c3ccc(F)cc23)CC1.CN1CCC(c2cn(S(=O)(=O)c3ccc4c(c3)OCCN4C)c3ccc(F)cc23)CC1.O=CO.O=CO.O=CO.O=S(=O)(c1ccc2c(c1)OCCO2)n1cc(C2=CCNCC2)c2cc(F)ccc21. The molecule has 0 atom stereocenters. The van der Waals surface area contributed by atoms with Crippen molar-refractivity contribution < 1.29 is 87.1 Å². The molecule has 30 heteroatoms. The van der Waals surface area contributed by atoms with Crippen LogP contribution in [-0.4, -0.2) is 189 Å². The van der Waals surface area contributed by atoms with Crippen molar-refractivity contribution in [3.8, 4) is 23.0 Å². The van der Waals surface area contributed by atoms with Gasteiger partial charge in [-0.05, 0) is 173 Å². The van der Waals surface area contributed by atoms with E-state index < -0.39 is 35.9 Å². The summed E-state index contributed by atoms with van der Waals surface area (Å²) in [6, 6.07) is 27.3. The van der Waals surface area contributed by atoms with E-state index in [9.17, 15) is 38.4 Å². The lowest BCUT2D eigenvalue weighted by molar-refractivity contribution is -0.123. The number of ether oxygens (including phenoxy) is 4. The summed E-state index contributed by atoms with van der Waals surface area (Å²) >= 11 is 0. The highest BCUT2D eigenvalue weighted by Gasteiger charge is 2.31. The van der Waals surface area contributed by atoms with E-state index in [-0.39, 0.29) is 51.7 Å². The first-order chi connectivity index (χ1) is 48.0. The molecular formula is C70H75F3N8O16S3. The minimum absolute atomic E-state index is 0.0915. The summed E-state index contributed by atoms with van der Waals surface area (Å²) < 4.78 is 150. The van der Waals surface area contributed by atoms with Crippen LogP contribution in [-0.2, 0) is 44.5 Å². The predicted molar refractivity (Wildman–Crippen MR) is 372 cm³/mol. The van der Waals surface area contributed by atoms with E-state index in [1.807, 2.05) is 37.0 Å². The third-order valence-corrected chi connectivity index (χ3v) is 22.8. The molecule has 0 spiro atoms. The lowest BCUT2D eigenvalue weighted by Gasteiger charge is -2.28. The van der Waals surface area contributed by atoms with Gasteiger partial charge in [0.2, 0.25) is 0 Å². The molecule has 0 bridgehead atoms. The molecule has 0 amide bonds. The summed E-state index contributed by atoms with van der Waals surface area (Å²) in [5.74, 6) is 1.10. The standard InChI is InChI=1S/C23H26FN3O3S.C23H24FN3O3S.C21H19FN2O4S.3CH2O2/c2*1-25-9-7-16(8-10-25)20-15-27(21-5-3-17(24)13-19(20)21)31(28,29)18-4-6-22-23(14-18)30-12-11-26(22)2;22-15-1-3-19-17(11-15)18(14-5-7-23-8-6-14)13-24(19)29(25,26)16-2-4-20-21(12-16)28-10-9-27-20;3*2-1-3/h3-6,13-16H,7-12H2,1-2H3;3-7,13-15H,8-12H2,1-2H3;1-5,11-13,23H,6-10H2;3*1H,(H,2,3). The summed E-state index contributed by atoms with van der Waals surface area (Å²) in [6.45, 7) is 7.60. The van der Waals surface area contributed by atoms with Gasteiger partial charge in [0.25, 0.3) is 49.5 Å². The van der Waals surface area contributed by atoms with E-state index in [0.717, 1.165) is 111 Å². The van der Waals surface area contributed by atoms with Crippen LogP contribution in [0, 0.1) is 17.5 Å². The Kier molecular flexibility index (Phi) is 23.0. The number of halogens is 3. The Bertz CT molecular complexity index is 4920. The summed E-state index contributed by atoms with van der Waals surface area (Å²) in [5, 5.41) is 25.8. The number of aromatic nitrogens is 3. The van der Waals surface area contributed by atoms with Crippen molar-refractivity contribution in [3.63, 3.8) is 0 Å². The molecule has 0 radical (unpaired) electrons. The number of hydrogen-bond donors (Lipinski definition) is 4. The van der Waals surface area contributed by atoms with Crippen molar-refractivity contribution in [2.24, 2.45) is 0 Å². The molecule has 100 heavy (non-hydrogen) atoms. The number of piperidine rings is 1. The van der Waals surface area contributed by atoms with Gasteiger partial charge in [0.15, 0.2) is 11.5 Å². The molecule has 4 N–H and O–H groups in total. The van der Waals surface area contributed by atoms with Crippen molar-refractivity contribution >= 4 is 105 Å². The monoisotopic (exact) mass is 1440 g/mol. The number of likely N-dealkylation sites (tertiary alicyclic amines) is 1. The third-order valence-electron chi connectivity index (χ3n) is 17.8. The predicted octanol–water partition coefficient (Wildman–Crippen LogP) is 9.49. The maximum atomic E-state index is 14.1. The van der Waals surface area contributed by atoms with Gasteiger partial charge in [-0.15, -0.1) is 0 Å². The van der Waals surface area contributed by atoms with Crippen molar-refractivity contribution in [1.82, 2.24) is 27.0 Å². The van der Waals surface area contributed by atoms with Gasteiger partial charge in [-0.25, -0.2) is 50.3 Å². The van der Waals surface area contributed by atoms with E-state index >= 15 is 0 Å². The highest BCUT2D eigenvalue weighted by Crippen LogP contribution is 2.42. The minimum atomic E-state index is -3.91. The number of carboxylic acid groups (broad SMARTS) is 3. The minimum Gasteiger partial charge on any atom is -0.490 e. The van der Waals surface area contributed by atoms with Crippen molar-refractivity contribution in [1.29, 1.82) is 0 Å². The number of benzene rings is 6. The van der Waals surface area contributed by atoms with Crippen LogP contribution < -0.4 is 34.1 Å². The molecule has 6 aromatic carbocycles. The van der Waals surface area contributed by atoms with Gasteiger partial charge in [-0.3, -0.25) is 14.4 Å². The quantitative estimate of drug-likeness (QED) is 0.0978.